The Morgan fingerprint density at radius 1 is 1.00 bits per heavy atom. The van der Waals surface area contributed by atoms with E-state index in [2.05, 4.69) is 0 Å². The maximum Gasteiger partial charge on any atom is 0.330 e. The van der Waals surface area contributed by atoms with E-state index < -0.39 is 23.3 Å². The first-order valence-corrected chi connectivity index (χ1v) is 11.3. The van der Waals surface area contributed by atoms with Crippen molar-refractivity contribution >= 4 is 17.9 Å². The molecule has 1 saturated carbocycles. The van der Waals surface area contributed by atoms with Gasteiger partial charge in [-0.2, -0.15) is 0 Å². The molecule has 0 amide bonds. The summed E-state index contributed by atoms with van der Waals surface area (Å²) in [5, 5.41) is 0. The van der Waals surface area contributed by atoms with Gasteiger partial charge in [0.05, 0.1) is 26.1 Å². The Bertz CT molecular complexity index is 830. The molecule has 1 aromatic rings. The van der Waals surface area contributed by atoms with Crippen LogP contribution < -0.4 is 0 Å². The Morgan fingerprint density at radius 2 is 1.65 bits per heavy atom. The molecule has 0 radical (unpaired) electrons. The summed E-state index contributed by atoms with van der Waals surface area (Å²) < 4.78 is 21.7. The number of carbonyl (C=O) groups excluding carboxylic acids is 3. The largest absolute Gasteiger partial charge is 0.468 e. The molecule has 1 heterocycles. The summed E-state index contributed by atoms with van der Waals surface area (Å²) in [6.45, 7) is 5.67. The predicted molar refractivity (Wildman–Crippen MR) is 112 cm³/mol. The van der Waals surface area contributed by atoms with Crippen molar-refractivity contribution in [1.82, 2.24) is 0 Å². The normalized spacial score (nSPS) is 21.3. The third kappa shape index (κ3) is 4.70. The van der Waals surface area contributed by atoms with Gasteiger partial charge in [-0.3, -0.25) is 9.59 Å². The maximum absolute atomic E-state index is 13.0. The first kappa shape index (κ1) is 23.1. The molecule has 7 nitrogen and oxygen atoms in total. The molecule has 2 aliphatic rings. The summed E-state index contributed by atoms with van der Waals surface area (Å²) in [6, 6.07) is 0. The molecule has 1 unspecified atom stereocenters. The van der Waals surface area contributed by atoms with E-state index in [1.807, 2.05) is 0 Å². The van der Waals surface area contributed by atoms with Crippen molar-refractivity contribution in [1.29, 1.82) is 0 Å². The third-order valence-electron chi connectivity index (χ3n) is 6.13. The zero-order valence-electron chi connectivity index (χ0n) is 18.7. The number of fused-ring (bicyclic) bond motifs is 1. The van der Waals surface area contributed by atoms with Gasteiger partial charge in [-0.25, -0.2) is 4.79 Å². The van der Waals surface area contributed by atoms with E-state index in [4.69, 9.17) is 18.6 Å². The van der Waals surface area contributed by atoms with E-state index in [-0.39, 0.29) is 38.6 Å². The van der Waals surface area contributed by atoms with Gasteiger partial charge >= 0.3 is 17.9 Å². The summed E-state index contributed by atoms with van der Waals surface area (Å²) in [7, 11) is 0. The van der Waals surface area contributed by atoms with Crippen molar-refractivity contribution in [3.8, 4) is 0 Å². The average molecular weight is 433 g/mol. The summed E-state index contributed by atoms with van der Waals surface area (Å²) in [6.07, 6.45) is 8.54. The number of rotatable bonds is 7. The fourth-order valence-electron chi connectivity index (χ4n) is 4.72. The highest BCUT2D eigenvalue weighted by atomic mass is 16.6. The van der Waals surface area contributed by atoms with Crippen LogP contribution in [0, 0.1) is 5.41 Å². The number of hydrogen-bond donors (Lipinski definition) is 0. The second-order valence-electron chi connectivity index (χ2n) is 8.09. The number of furan rings is 1. The smallest absolute Gasteiger partial charge is 0.330 e. The molecule has 0 saturated heterocycles. The lowest BCUT2D eigenvalue weighted by atomic mass is 9.84. The summed E-state index contributed by atoms with van der Waals surface area (Å²) >= 11 is 0. The minimum Gasteiger partial charge on any atom is -0.468 e. The number of ether oxygens (including phenoxy) is 3. The molecule has 2 aliphatic carbocycles. The highest BCUT2D eigenvalue weighted by molar-refractivity contribution is 6.01. The van der Waals surface area contributed by atoms with Crippen molar-refractivity contribution in [2.75, 3.05) is 19.8 Å². The van der Waals surface area contributed by atoms with Crippen LogP contribution >= 0.6 is 0 Å². The van der Waals surface area contributed by atoms with Crippen molar-refractivity contribution in [3.63, 3.8) is 0 Å². The zero-order chi connectivity index (χ0) is 22.4. The van der Waals surface area contributed by atoms with Gasteiger partial charge in [-0.05, 0) is 70.4 Å². The number of aryl methyl sites for hydroxylation is 1. The fourth-order valence-corrected chi connectivity index (χ4v) is 4.72. The predicted octanol–water partition coefficient (Wildman–Crippen LogP) is 4.03. The monoisotopic (exact) mass is 432 g/mol. The van der Waals surface area contributed by atoms with Gasteiger partial charge < -0.3 is 18.6 Å². The minimum atomic E-state index is -1.50. The highest BCUT2D eigenvalue weighted by Gasteiger charge is 2.57. The van der Waals surface area contributed by atoms with Crippen LogP contribution in [0.15, 0.2) is 22.3 Å². The number of allylic oxidation sites excluding steroid dienone is 1. The molecule has 170 valence electrons. The van der Waals surface area contributed by atoms with E-state index in [1.165, 1.54) is 11.6 Å². The van der Waals surface area contributed by atoms with Gasteiger partial charge in [0.1, 0.15) is 5.76 Å². The molecule has 3 rings (SSSR count). The molecule has 0 spiro atoms. The summed E-state index contributed by atoms with van der Waals surface area (Å²) in [5.41, 5.74) is 1.45. The SMILES string of the molecule is CCOC(=O)C=C1CC(C(=O)OCC)(C(=O)OCC)CC1c1occ2c1CCCCC2. The number of hydrogen-bond acceptors (Lipinski definition) is 7. The van der Waals surface area contributed by atoms with E-state index in [9.17, 15) is 14.4 Å². The molecule has 0 bridgehead atoms. The fraction of sp³-hybridized carbons (Fsp3) is 0.625. The van der Waals surface area contributed by atoms with Gasteiger partial charge in [0.25, 0.3) is 0 Å². The first-order chi connectivity index (χ1) is 15.0. The maximum atomic E-state index is 13.0. The molecule has 7 heteroatoms. The third-order valence-corrected chi connectivity index (χ3v) is 6.13. The molecular weight excluding hydrogens is 400 g/mol. The van der Waals surface area contributed by atoms with Crippen LogP contribution in [0.4, 0.5) is 0 Å². The van der Waals surface area contributed by atoms with Gasteiger partial charge in [0.2, 0.25) is 0 Å². The lowest BCUT2D eigenvalue weighted by molar-refractivity contribution is -0.171. The van der Waals surface area contributed by atoms with Crippen LogP contribution in [0.3, 0.4) is 0 Å². The standard InChI is InChI=1S/C24H32O7/c1-4-28-20(25)12-17-13-24(22(26)29-5-2,23(27)30-6-3)14-19(17)21-18-11-9-7-8-10-16(18)15-31-21/h12,15,19H,4-11,13-14H2,1-3H3. The molecule has 1 atom stereocenters. The van der Waals surface area contributed by atoms with Crippen LogP contribution in [-0.4, -0.2) is 37.7 Å². The van der Waals surface area contributed by atoms with Crippen LogP contribution in [0.5, 0.6) is 0 Å². The second kappa shape index (κ2) is 10.2. The molecule has 1 aromatic heterocycles. The molecule has 1 fully saturated rings. The van der Waals surface area contributed by atoms with Gasteiger partial charge in [0, 0.05) is 12.0 Å². The van der Waals surface area contributed by atoms with E-state index >= 15 is 0 Å². The lowest BCUT2D eigenvalue weighted by Crippen LogP contribution is -2.40. The number of carbonyl (C=O) groups is 3. The lowest BCUT2D eigenvalue weighted by Gasteiger charge is -2.24. The Hall–Kier alpha value is -2.57. The quantitative estimate of drug-likeness (QED) is 0.211. The van der Waals surface area contributed by atoms with Crippen LogP contribution in [0.1, 0.15) is 75.7 Å². The Balaban J connectivity index is 2.07. The molecule has 0 aliphatic heterocycles. The minimum absolute atomic E-state index is 0.0453. The number of esters is 3. The van der Waals surface area contributed by atoms with Gasteiger partial charge in [-0.1, -0.05) is 12.0 Å². The molecular formula is C24H32O7. The summed E-state index contributed by atoms with van der Waals surface area (Å²) in [4.78, 5) is 38.3. The van der Waals surface area contributed by atoms with E-state index in [0.717, 1.165) is 43.4 Å². The zero-order valence-corrected chi connectivity index (χ0v) is 18.7. The van der Waals surface area contributed by atoms with Crippen LogP contribution in [0.25, 0.3) is 0 Å². The molecule has 31 heavy (non-hydrogen) atoms. The van der Waals surface area contributed by atoms with Crippen molar-refractivity contribution in [2.24, 2.45) is 5.41 Å². The summed E-state index contributed by atoms with van der Waals surface area (Å²) in [5.74, 6) is -1.39. The Labute approximate surface area is 183 Å². The molecule has 0 aromatic carbocycles. The van der Waals surface area contributed by atoms with E-state index in [1.54, 1.807) is 27.0 Å². The van der Waals surface area contributed by atoms with Crippen molar-refractivity contribution in [3.05, 3.63) is 34.8 Å². The van der Waals surface area contributed by atoms with E-state index in [0.29, 0.717) is 5.57 Å². The highest BCUT2D eigenvalue weighted by Crippen LogP contribution is 2.53. The Kier molecular flexibility index (Phi) is 7.57. The second-order valence-corrected chi connectivity index (χ2v) is 8.09. The van der Waals surface area contributed by atoms with Crippen molar-refractivity contribution < 1.29 is 33.0 Å². The Morgan fingerprint density at radius 3 is 2.29 bits per heavy atom. The van der Waals surface area contributed by atoms with Gasteiger partial charge in [-0.15, -0.1) is 0 Å². The topological polar surface area (TPSA) is 92.0 Å². The molecule has 0 N–H and O–H groups in total. The first-order valence-electron chi connectivity index (χ1n) is 11.3. The van der Waals surface area contributed by atoms with Crippen LogP contribution in [0.2, 0.25) is 0 Å². The van der Waals surface area contributed by atoms with Crippen molar-refractivity contribution in [2.45, 2.75) is 71.6 Å². The average Bonchev–Trinajstić information content (AvgIpc) is 3.22. The van der Waals surface area contributed by atoms with Crippen LogP contribution in [-0.2, 0) is 41.4 Å². The van der Waals surface area contributed by atoms with Gasteiger partial charge in [0.15, 0.2) is 5.41 Å².